The first-order valence-corrected chi connectivity index (χ1v) is 6.98. The highest BCUT2D eigenvalue weighted by molar-refractivity contribution is 5.31. The summed E-state index contributed by atoms with van der Waals surface area (Å²) in [4.78, 5) is 0. The van der Waals surface area contributed by atoms with Crippen molar-refractivity contribution in [1.82, 2.24) is 0 Å². The zero-order chi connectivity index (χ0) is 14.0. The molecule has 102 valence electrons. The van der Waals surface area contributed by atoms with Gasteiger partial charge in [0.2, 0.25) is 0 Å². The summed E-state index contributed by atoms with van der Waals surface area (Å²) in [6.07, 6.45) is 1.14. The molecule has 0 aliphatic heterocycles. The average Bonchev–Trinajstić information content (AvgIpc) is 2.27. The molecule has 0 heterocycles. The fourth-order valence-corrected chi connectivity index (χ4v) is 2.49. The maximum absolute atomic E-state index is 5.74. The van der Waals surface area contributed by atoms with Crippen molar-refractivity contribution >= 4 is 0 Å². The SMILES string of the molecule is CC(CN)CC(C)(C)c1ccc(C(C)(C)C)cc1. The van der Waals surface area contributed by atoms with Gasteiger partial charge in [-0.3, -0.25) is 0 Å². The first-order chi connectivity index (χ1) is 8.16. The monoisotopic (exact) mass is 247 g/mol. The minimum Gasteiger partial charge on any atom is -0.330 e. The van der Waals surface area contributed by atoms with Crippen LogP contribution < -0.4 is 5.73 Å². The van der Waals surface area contributed by atoms with Crippen LogP contribution in [-0.2, 0) is 10.8 Å². The third-order valence-electron chi connectivity index (χ3n) is 3.79. The summed E-state index contributed by atoms with van der Waals surface area (Å²) in [6.45, 7) is 14.4. The standard InChI is InChI=1S/C17H29N/c1-13(12-18)11-17(5,6)15-9-7-14(8-10-15)16(2,3)4/h7-10,13H,11-12,18H2,1-6H3. The number of hydrogen-bond donors (Lipinski definition) is 1. The molecule has 0 amide bonds. The Morgan fingerprint density at radius 1 is 0.944 bits per heavy atom. The third kappa shape index (κ3) is 3.84. The first-order valence-electron chi connectivity index (χ1n) is 6.98. The highest BCUT2D eigenvalue weighted by Crippen LogP contribution is 2.32. The van der Waals surface area contributed by atoms with Gasteiger partial charge >= 0.3 is 0 Å². The number of nitrogens with two attached hydrogens (primary N) is 1. The highest BCUT2D eigenvalue weighted by atomic mass is 14.5. The zero-order valence-electron chi connectivity index (χ0n) is 12.9. The maximum Gasteiger partial charge on any atom is -0.00512 e. The van der Waals surface area contributed by atoms with Crippen molar-refractivity contribution in [1.29, 1.82) is 0 Å². The molecule has 0 fully saturated rings. The lowest BCUT2D eigenvalue weighted by atomic mass is 9.76. The van der Waals surface area contributed by atoms with Gasteiger partial charge in [-0.05, 0) is 40.8 Å². The molecular weight excluding hydrogens is 218 g/mol. The molecule has 1 aromatic carbocycles. The maximum atomic E-state index is 5.74. The second-order valence-corrected chi connectivity index (χ2v) is 7.26. The van der Waals surface area contributed by atoms with E-state index in [4.69, 9.17) is 5.73 Å². The summed E-state index contributed by atoms with van der Waals surface area (Å²) in [5, 5.41) is 0. The largest absolute Gasteiger partial charge is 0.330 e. The van der Waals surface area contributed by atoms with Crippen LogP contribution in [0.3, 0.4) is 0 Å². The summed E-state index contributed by atoms with van der Waals surface area (Å²) >= 11 is 0. The van der Waals surface area contributed by atoms with E-state index >= 15 is 0 Å². The van der Waals surface area contributed by atoms with Crippen LogP contribution in [0, 0.1) is 5.92 Å². The van der Waals surface area contributed by atoms with E-state index in [1.165, 1.54) is 11.1 Å². The van der Waals surface area contributed by atoms with Crippen molar-refractivity contribution in [3.63, 3.8) is 0 Å². The number of benzene rings is 1. The van der Waals surface area contributed by atoms with Crippen molar-refractivity contribution in [2.24, 2.45) is 11.7 Å². The molecular formula is C17H29N. The summed E-state index contributed by atoms with van der Waals surface area (Å²) in [7, 11) is 0. The Kier molecular flexibility index (Phi) is 4.61. The number of rotatable bonds is 4. The van der Waals surface area contributed by atoms with Gasteiger partial charge in [-0.25, -0.2) is 0 Å². The Labute approximate surface area is 113 Å². The molecule has 1 atom stereocenters. The van der Waals surface area contributed by atoms with Crippen molar-refractivity contribution in [3.8, 4) is 0 Å². The van der Waals surface area contributed by atoms with E-state index in [1.54, 1.807) is 0 Å². The molecule has 0 aliphatic rings. The summed E-state index contributed by atoms with van der Waals surface area (Å²) in [6, 6.07) is 9.10. The summed E-state index contributed by atoms with van der Waals surface area (Å²) in [5.41, 5.74) is 8.98. The van der Waals surface area contributed by atoms with Crippen molar-refractivity contribution in [3.05, 3.63) is 35.4 Å². The fourth-order valence-electron chi connectivity index (χ4n) is 2.49. The molecule has 18 heavy (non-hydrogen) atoms. The molecule has 1 heteroatoms. The quantitative estimate of drug-likeness (QED) is 0.846. The van der Waals surface area contributed by atoms with Gasteiger partial charge in [0.1, 0.15) is 0 Å². The van der Waals surface area contributed by atoms with Gasteiger partial charge in [0.05, 0.1) is 0 Å². The van der Waals surface area contributed by atoms with Gasteiger partial charge in [0.25, 0.3) is 0 Å². The summed E-state index contributed by atoms with van der Waals surface area (Å²) in [5.74, 6) is 0.572. The Morgan fingerprint density at radius 2 is 1.39 bits per heavy atom. The Morgan fingerprint density at radius 3 is 1.78 bits per heavy atom. The van der Waals surface area contributed by atoms with E-state index in [0.29, 0.717) is 5.92 Å². The predicted molar refractivity (Wildman–Crippen MR) is 81.0 cm³/mol. The average molecular weight is 247 g/mol. The third-order valence-corrected chi connectivity index (χ3v) is 3.79. The zero-order valence-corrected chi connectivity index (χ0v) is 12.9. The number of hydrogen-bond acceptors (Lipinski definition) is 1. The molecule has 0 saturated heterocycles. The van der Waals surface area contributed by atoms with Crippen LogP contribution in [0.5, 0.6) is 0 Å². The molecule has 1 nitrogen and oxygen atoms in total. The van der Waals surface area contributed by atoms with Gasteiger partial charge in [0.15, 0.2) is 0 Å². The van der Waals surface area contributed by atoms with E-state index in [-0.39, 0.29) is 10.8 Å². The molecule has 0 saturated carbocycles. The molecule has 1 aromatic rings. The Bertz CT molecular complexity index is 368. The highest BCUT2D eigenvalue weighted by Gasteiger charge is 2.23. The second kappa shape index (κ2) is 5.44. The van der Waals surface area contributed by atoms with E-state index in [9.17, 15) is 0 Å². The van der Waals surface area contributed by atoms with Crippen molar-refractivity contribution < 1.29 is 0 Å². The van der Waals surface area contributed by atoms with Crippen LogP contribution in [0.25, 0.3) is 0 Å². The van der Waals surface area contributed by atoms with Gasteiger partial charge in [-0.2, -0.15) is 0 Å². The van der Waals surface area contributed by atoms with Crippen molar-refractivity contribution in [2.45, 2.75) is 58.8 Å². The van der Waals surface area contributed by atoms with Crippen LogP contribution in [0.4, 0.5) is 0 Å². The summed E-state index contributed by atoms with van der Waals surface area (Å²) < 4.78 is 0. The second-order valence-electron chi connectivity index (χ2n) is 7.26. The van der Waals surface area contributed by atoms with E-state index in [1.807, 2.05) is 0 Å². The lowest BCUT2D eigenvalue weighted by Crippen LogP contribution is -2.24. The molecule has 0 spiro atoms. The van der Waals surface area contributed by atoms with E-state index < -0.39 is 0 Å². The molecule has 1 unspecified atom stereocenters. The lowest BCUT2D eigenvalue weighted by Gasteiger charge is -2.29. The fraction of sp³-hybridized carbons (Fsp3) is 0.647. The molecule has 0 aromatic heterocycles. The molecule has 0 bridgehead atoms. The molecule has 0 radical (unpaired) electrons. The predicted octanol–water partition coefficient (Wildman–Crippen LogP) is 4.25. The van der Waals surface area contributed by atoms with Crippen LogP contribution in [0.1, 0.15) is 59.1 Å². The van der Waals surface area contributed by atoms with E-state index in [0.717, 1.165) is 13.0 Å². The van der Waals surface area contributed by atoms with Crippen LogP contribution >= 0.6 is 0 Å². The lowest BCUT2D eigenvalue weighted by molar-refractivity contribution is 0.385. The minimum atomic E-state index is 0.204. The first kappa shape index (κ1) is 15.2. The topological polar surface area (TPSA) is 26.0 Å². The van der Waals surface area contributed by atoms with Gasteiger partial charge in [-0.1, -0.05) is 65.8 Å². The Hall–Kier alpha value is -0.820. The smallest absolute Gasteiger partial charge is 0.00512 e. The normalized spacial score (nSPS) is 14.6. The van der Waals surface area contributed by atoms with Crippen LogP contribution in [-0.4, -0.2) is 6.54 Å². The van der Waals surface area contributed by atoms with Gasteiger partial charge in [-0.15, -0.1) is 0 Å². The van der Waals surface area contributed by atoms with E-state index in [2.05, 4.69) is 65.8 Å². The molecule has 2 N–H and O–H groups in total. The van der Waals surface area contributed by atoms with Crippen molar-refractivity contribution in [2.75, 3.05) is 6.54 Å². The van der Waals surface area contributed by atoms with Gasteiger partial charge < -0.3 is 5.73 Å². The minimum absolute atomic E-state index is 0.204. The van der Waals surface area contributed by atoms with Crippen LogP contribution in [0.2, 0.25) is 0 Å². The van der Waals surface area contributed by atoms with Gasteiger partial charge in [0, 0.05) is 0 Å². The molecule has 1 rings (SSSR count). The Balaban J connectivity index is 2.90. The molecule has 0 aliphatic carbocycles. The van der Waals surface area contributed by atoms with Crippen LogP contribution in [0.15, 0.2) is 24.3 Å².